The van der Waals surface area contributed by atoms with Crippen LogP contribution in [0.25, 0.3) is 66.9 Å². The summed E-state index contributed by atoms with van der Waals surface area (Å²) in [6, 6.07) is 39.7. The highest BCUT2D eigenvalue weighted by atomic mass is 79.9. The van der Waals surface area contributed by atoms with Gasteiger partial charge in [-0.3, -0.25) is 9.97 Å². The number of benzene rings is 4. The second-order valence-electron chi connectivity index (χ2n) is 9.81. The van der Waals surface area contributed by atoms with Crippen molar-refractivity contribution in [1.82, 2.24) is 19.9 Å². The lowest BCUT2D eigenvalue weighted by atomic mass is 10.00. The van der Waals surface area contributed by atoms with E-state index in [9.17, 15) is 0 Å². The summed E-state index contributed by atoms with van der Waals surface area (Å²) in [6.07, 6.45) is 7.29. The van der Waals surface area contributed by atoms with E-state index in [4.69, 9.17) is 9.97 Å². The number of halogens is 1. The lowest BCUT2D eigenvalue weighted by molar-refractivity contribution is 1.18. The van der Waals surface area contributed by atoms with E-state index in [-0.39, 0.29) is 0 Å². The Balaban J connectivity index is 1.38. The first-order chi connectivity index (χ1) is 20.2. The molecule has 0 unspecified atom stereocenters. The fraction of sp³-hybridized carbons (Fsp3) is 0. The predicted molar refractivity (Wildman–Crippen MR) is 170 cm³/mol. The average molecular weight is 592 g/mol. The van der Waals surface area contributed by atoms with Crippen molar-refractivity contribution >= 4 is 26.7 Å². The van der Waals surface area contributed by atoms with Gasteiger partial charge in [-0.2, -0.15) is 0 Å². The van der Waals surface area contributed by atoms with Gasteiger partial charge in [-0.05, 0) is 81.6 Å². The van der Waals surface area contributed by atoms with Crippen molar-refractivity contribution in [2.75, 3.05) is 0 Å². The summed E-state index contributed by atoms with van der Waals surface area (Å²) >= 11 is 3.73. The van der Waals surface area contributed by atoms with Gasteiger partial charge in [0.15, 0.2) is 5.82 Å². The Morgan fingerprint density at radius 1 is 0.415 bits per heavy atom. The summed E-state index contributed by atoms with van der Waals surface area (Å²) < 4.78 is 0.982. The van der Waals surface area contributed by atoms with Crippen molar-refractivity contribution in [3.63, 3.8) is 0 Å². The van der Waals surface area contributed by atoms with E-state index in [0.29, 0.717) is 5.82 Å². The van der Waals surface area contributed by atoms with E-state index in [1.54, 1.807) is 6.20 Å². The zero-order valence-corrected chi connectivity index (χ0v) is 23.5. The number of aromatic nitrogens is 4. The van der Waals surface area contributed by atoms with Gasteiger partial charge in [0.05, 0.1) is 11.4 Å². The van der Waals surface area contributed by atoms with Crippen molar-refractivity contribution in [3.05, 3.63) is 145 Å². The Labute approximate surface area is 246 Å². The summed E-state index contributed by atoms with van der Waals surface area (Å²) in [5.74, 6) is 0.685. The Bertz CT molecular complexity index is 1990. The van der Waals surface area contributed by atoms with Gasteiger partial charge in [-0.25, -0.2) is 9.97 Å². The summed E-state index contributed by atoms with van der Waals surface area (Å²) in [5, 5.41) is 2.34. The number of fused-ring (bicyclic) bond motifs is 1. The quantitative estimate of drug-likeness (QED) is 0.200. The molecule has 0 aliphatic carbocycles. The molecule has 0 bridgehead atoms. The lowest BCUT2D eigenvalue weighted by Gasteiger charge is -2.12. The van der Waals surface area contributed by atoms with Gasteiger partial charge in [-0.1, -0.05) is 82.7 Å². The fourth-order valence-corrected chi connectivity index (χ4v) is 5.51. The smallest absolute Gasteiger partial charge is 0.160 e. The predicted octanol–water partition coefficient (Wildman–Crippen LogP) is 9.52. The monoisotopic (exact) mass is 590 g/mol. The molecule has 0 saturated heterocycles. The molecule has 0 saturated carbocycles. The number of nitrogens with zero attached hydrogens (tertiary/aromatic N) is 4. The first-order valence-corrected chi connectivity index (χ1v) is 14.1. The highest BCUT2D eigenvalue weighted by Crippen LogP contribution is 2.34. The minimum Gasteiger partial charge on any atom is -0.265 e. The maximum absolute atomic E-state index is 5.09. The van der Waals surface area contributed by atoms with Gasteiger partial charge in [0.25, 0.3) is 0 Å². The molecule has 0 radical (unpaired) electrons. The number of pyridine rings is 2. The molecule has 0 spiro atoms. The van der Waals surface area contributed by atoms with Crippen LogP contribution in [-0.4, -0.2) is 19.9 Å². The molecule has 5 heteroatoms. The third-order valence-corrected chi connectivity index (χ3v) is 7.57. The fourth-order valence-electron chi connectivity index (χ4n) is 5.02. The second-order valence-corrected chi connectivity index (χ2v) is 10.7. The van der Waals surface area contributed by atoms with Crippen LogP contribution >= 0.6 is 15.9 Å². The van der Waals surface area contributed by atoms with Gasteiger partial charge in [0.1, 0.15) is 0 Å². The molecule has 7 aromatic rings. The van der Waals surface area contributed by atoms with E-state index >= 15 is 0 Å². The molecule has 0 aliphatic heterocycles. The van der Waals surface area contributed by atoms with E-state index in [2.05, 4.69) is 123 Å². The molecular formula is C36H23BrN4. The van der Waals surface area contributed by atoms with Crippen LogP contribution in [0.2, 0.25) is 0 Å². The van der Waals surface area contributed by atoms with Crippen LogP contribution in [0.4, 0.5) is 0 Å². The number of hydrogen-bond acceptors (Lipinski definition) is 4. The normalized spacial score (nSPS) is 11.0. The van der Waals surface area contributed by atoms with Crippen molar-refractivity contribution in [1.29, 1.82) is 0 Å². The summed E-state index contributed by atoms with van der Waals surface area (Å²) in [6.45, 7) is 0. The van der Waals surface area contributed by atoms with Crippen LogP contribution in [0.1, 0.15) is 0 Å². The molecular weight excluding hydrogens is 568 g/mol. The van der Waals surface area contributed by atoms with Crippen LogP contribution in [0.3, 0.4) is 0 Å². The van der Waals surface area contributed by atoms with Gasteiger partial charge < -0.3 is 0 Å². The van der Waals surface area contributed by atoms with Crippen molar-refractivity contribution < 1.29 is 0 Å². The van der Waals surface area contributed by atoms with Crippen molar-refractivity contribution in [2.45, 2.75) is 0 Å². The first kappa shape index (κ1) is 25.0. The van der Waals surface area contributed by atoms with E-state index < -0.39 is 0 Å². The summed E-state index contributed by atoms with van der Waals surface area (Å²) in [7, 11) is 0. The third kappa shape index (κ3) is 5.28. The van der Waals surface area contributed by atoms with Crippen LogP contribution in [-0.2, 0) is 0 Å². The number of hydrogen-bond donors (Lipinski definition) is 0. The summed E-state index contributed by atoms with van der Waals surface area (Å²) in [4.78, 5) is 18.6. The zero-order valence-electron chi connectivity index (χ0n) is 21.9. The van der Waals surface area contributed by atoms with Crippen LogP contribution in [0.5, 0.6) is 0 Å². The van der Waals surface area contributed by atoms with Crippen LogP contribution in [0, 0.1) is 0 Å². The molecule has 3 heterocycles. The Morgan fingerprint density at radius 2 is 1.10 bits per heavy atom. The molecule has 0 amide bonds. The molecule has 3 aromatic heterocycles. The van der Waals surface area contributed by atoms with E-state index in [1.165, 1.54) is 5.39 Å². The number of rotatable bonds is 5. The maximum atomic E-state index is 5.09. The Hall–Kier alpha value is -5.00. The van der Waals surface area contributed by atoms with Crippen molar-refractivity contribution in [2.24, 2.45) is 0 Å². The molecule has 0 N–H and O–H groups in total. The van der Waals surface area contributed by atoms with Gasteiger partial charge in [0, 0.05) is 46.0 Å². The topological polar surface area (TPSA) is 51.6 Å². The van der Waals surface area contributed by atoms with E-state index in [0.717, 1.165) is 60.2 Å². The highest BCUT2D eigenvalue weighted by molar-refractivity contribution is 9.10. The van der Waals surface area contributed by atoms with Gasteiger partial charge >= 0.3 is 0 Å². The summed E-state index contributed by atoms with van der Waals surface area (Å²) in [5.41, 5.74) is 9.09. The third-order valence-electron chi connectivity index (χ3n) is 7.12. The minimum atomic E-state index is 0.685. The minimum absolute atomic E-state index is 0.685. The van der Waals surface area contributed by atoms with Crippen molar-refractivity contribution in [3.8, 4) is 56.2 Å². The van der Waals surface area contributed by atoms with Crippen LogP contribution in [0.15, 0.2) is 145 Å². The lowest BCUT2D eigenvalue weighted by Crippen LogP contribution is -1.96. The molecule has 0 fully saturated rings. The molecule has 4 aromatic carbocycles. The Kier molecular flexibility index (Phi) is 6.63. The Morgan fingerprint density at radius 3 is 1.88 bits per heavy atom. The molecule has 41 heavy (non-hydrogen) atoms. The highest BCUT2D eigenvalue weighted by Gasteiger charge is 2.13. The molecule has 0 atom stereocenters. The zero-order chi connectivity index (χ0) is 27.6. The average Bonchev–Trinajstić information content (AvgIpc) is 3.05. The molecule has 4 nitrogen and oxygen atoms in total. The van der Waals surface area contributed by atoms with E-state index in [1.807, 2.05) is 36.8 Å². The maximum Gasteiger partial charge on any atom is 0.160 e. The largest absolute Gasteiger partial charge is 0.265 e. The van der Waals surface area contributed by atoms with Gasteiger partial charge in [0.2, 0.25) is 0 Å². The molecule has 0 aliphatic rings. The molecule has 7 rings (SSSR count). The molecule has 194 valence electrons. The first-order valence-electron chi connectivity index (χ1n) is 13.3. The SMILES string of the molecule is Brc1cc(-c2ccncc2)cc(-c2cc(-c3ccc(-c4cccnc4)cc3)nc(-c3ccc4ccccc4c3)n2)c1. The second kappa shape index (κ2) is 10.9. The van der Waals surface area contributed by atoms with Gasteiger partial charge in [-0.15, -0.1) is 0 Å². The van der Waals surface area contributed by atoms with Crippen LogP contribution < -0.4 is 0 Å². The standard InChI is InChI=1S/C36H23BrN4/c37-33-20-31(26-13-16-38-17-14-26)19-32(21-33)35-22-34(27-10-7-25(8-11-27)30-6-3-15-39-23-30)40-36(41-35)29-12-9-24-4-1-2-5-28(24)18-29/h1-23H.